The van der Waals surface area contributed by atoms with Gasteiger partial charge in [0.25, 0.3) is 0 Å². The molecule has 94 valence electrons. The van der Waals surface area contributed by atoms with Crippen LogP contribution in [0.1, 0.15) is 49.7 Å². The van der Waals surface area contributed by atoms with E-state index >= 15 is 0 Å². The normalized spacial score (nSPS) is 17.8. The molecule has 2 rings (SSSR count). The van der Waals surface area contributed by atoms with Crippen LogP contribution in [0.2, 0.25) is 0 Å². The predicted octanol–water partition coefficient (Wildman–Crippen LogP) is 3.99. The number of nitrogen functional groups attached to an aromatic ring is 1. The van der Waals surface area contributed by atoms with Gasteiger partial charge in [0.15, 0.2) is 0 Å². The van der Waals surface area contributed by atoms with E-state index in [1.165, 1.54) is 38.5 Å². The topological polar surface area (TPSA) is 35.2 Å². The van der Waals surface area contributed by atoms with Crippen LogP contribution in [-0.4, -0.2) is 6.10 Å². The average Bonchev–Trinajstić information content (AvgIpc) is 2.54. The second kappa shape index (κ2) is 5.44. The van der Waals surface area contributed by atoms with Gasteiger partial charge in [0.05, 0.1) is 6.10 Å². The van der Waals surface area contributed by atoms with Crippen molar-refractivity contribution in [1.29, 1.82) is 0 Å². The number of hydrogen-bond donors (Lipinski definition) is 1. The summed E-state index contributed by atoms with van der Waals surface area (Å²) in [6.07, 6.45) is 8.12. The van der Waals surface area contributed by atoms with Crippen molar-refractivity contribution in [1.82, 2.24) is 0 Å². The first-order valence-electron chi connectivity index (χ1n) is 6.70. The average molecular weight is 233 g/mol. The molecule has 1 aliphatic rings. The summed E-state index contributed by atoms with van der Waals surface area (Å²) in [5.74, 6) is 1.02. The Morgan fingerprint density at radius 3 is 2.29 bits per heavy atom. The van der Waals surface area contributed by atoms with Gasteiger partial charge < -0.3 is 10.5 Å². The van der Waals surface area contributed by atoms with Crippen LogP contribution in [0.15, 0.2) is 12.1 Å². The van der Waals surface area contributed by atoms with Crippen molar-refractivity contribution in [2.24, 2.45) is 0 Å². The third-order valence-electron chi connectivity index (χ3n) is 3.66. The number of ether oxygens (including phenoxy) is 1. The van der Waals surface area contributed by atoms with Gasteiger partial charge in [0.1, 0.15) is 5.75 Å². The van der Waals surface area contributed by atoms with E-state index in [0.717, 1.165) is 22.6 Å². The van der Waals surface area contributed by atoms with E-state index in [-0.39, 0.29) is 0 Å². The summed E-state index contributed by atoms with van der Waals surface area (Å²) in [6.45, 7) is 4.11. The molecule has 0 heterocycles. The Hall–Kier alpha value is -1.18. The maximum atomic E-state index is 6.15. The lowest BCUT2D eigenvalue weighted by atomic mass is 10.1. The fraction of sp³-hybridized carbons (Fsp3) is 0.600. The number of anilines is 1. The smallest absolute Gasteiger partial charge is 0.123 e. The third kappa shape index (κ3) is 3.15. The molecular formula is C15H23NO. The maximum Gasteiger partial charge on any atom is 0.123 e. The van der Waals surface area contributed by atoms with E-state index in [2.05, 4.69) is 13.0 Å². The van der Waals surface area contributed by atoms with E-state index < -0.39 is 0 Å². The highest BCUT2D eigenvalue weighted by Gasteiger charge is 2.15. The first kappa shape index (κ1) is 12.3. The number of nitrogens with two attached hydrogens (primary N) is 1. The van der Waals surface area contributed by atoms with E-state index in [4.69, 9.17) is 10.5 Å². The van der Waals surface area contributed by atoms with Gasteiger partial charge >= 0.3 is 0 Å². The molecule has 0 spiro atoms. The molecule has 1 aliphatic carbocycles. The van der Waals surface area contributed by atoms with Gasteiger partial charge in [0, 0.05) is 5.69 Å². The lowest BCUT2D eigenvalue weighted by molar-refractivity contribution is 0.182. The maximum absolute atomic E-state index is 6.15. The van der Waals surface area contributed by atoms with Crippen LogP contribution in [0.3, 0.4) is 0 Å². The minimum absolute atomic E-state index is 0.402. The summed E-state index contributed by atoms with van der Waals surface area (Å²) in [5.41, 5.74) is 9.01. The second-order valence-corrected chi connectivity index (χ2v) is 5.21. The van der Waals surface area contributed by atoms with Crippen LogP contribution >= 0.6 is 0 Å². The van der Waals surface area contributed by atoms with Gasteiger partial charge in [-0.25, -0.2) is 0 Å². The Bertz CT molecular complexity index is 379. The fourth-order valence-electron chi connectivity index (χ4n) is 2.48. The van der Waals surface area contributed by atoms with Crippen LogP contribution in [0.25, 0.3) is 0 Å². The van der Waals surface area contributed by atoms with Crippen molar-refractivity contribution in [2.75, 3.05) is 5.73 Å². The highest BCUT2D eigenvalue weighted by Crippen LogP contribution is 2.28. The molecule has 2 heteroatoms. The van der Waals surface area contributed by atoms with Crippen LogP contribution < -0.4 is 10.5 Å². The molecule has 0 aromatic heterocycles. The SMILES string of the molecule is Cc1cc(OC2CCCCCC2)c(C)cc1N. The number of benzene rings is 1. The molecule has 0 unspecified atom stereocenters. The first-order valence-corrected chi connectivity index (χ1v) is 6.70. The molecule has 2 nitrogen and oxygen atoms in total. The Balaban J connectivity index is 2.09. The molecule has 0 radical (unpaired) electrons. The molecule has 0 amide bonds. The molecular weight excluding hydrogens is 210 g/mol. The molecule has 2 N–H and O–H groups in total. The van der Waals surface area contributed by atoms with Crippen molar-refractivity contribution in [3.05, 3.63) is 23.3 Å². The summed E-state index contributed by atoms with van der Waals surface area (Å²) in [4.78, 5) is 0. The van der Waals surface area contributed by atoms with Crippen molar-refractivity contribution >= 4 is 5.69 Å². The molecule has 1 aromatic rings. The highest BCUT2D eigenvalue weighted by atomic mass is 16.5. The summed E-state index contributed by atoms with van der Waals surface area (Å²) in [7, 11) is 0. The Labute approximate surface area is 104 Å². The molecule has 0 bridgehead atoms. The number of rotatable bonds is 2. The van der Waals surface area contributed by atoms with Gasteiger partial charge in [-0.1, -0.05) is 12.8 Å². The highest BCUT2D eigenvalue weighted by molar-refractivity contribution is 5.53. The van der Waals surface area contributed by atoms with Gasteiger partial charge in [-0.3, -0.25) is 0 Å². The predicted molar refractivity (Wildman–Crippen MR) is 72.4 cm³/mol. The summed E-state index contributed by atoms with van der Waals surface area (Å²) < 4.78 is 6.15. The van der Waals surface area contributed by atoms with Gasteiger partial charge in [-0.05, 0) is 62.8 Å². The zero-order valence-corrected chi connectivity index (χ0v) is 11.0. The Morgan fingerprint density at radius 2 is 1.65 bits per heavy atom. The van der Waals surface area contributed by atoms with Gasteiger partial charge in [-0.2, -0.15) is 0 Å². The largest absolute Gasteiger partial charge is 0.490 e. The summed E-state index contributed by atoms with van der Waals surface area (Å²) in [5, 5.41) is 0. The van der Waals surface area contributed by atoms with E-state index in [1.807, 2.05) is 13.0 Å². The van der Waals surface area contributed by atoms with Gasteiger partial charge in [-0.15, -0.1) is 0 Å². The quantitative estimate of drug-likeness (QED) is 0.619. The standard InChI is InChI=1S/C15H23NO/c1-11-10-15(12(2)9-14(11)16)17-13-7-5-3-4-6-8-13/h9-10,13H,3-8,16H2,1-2H3. The fourth-order valence-corrected chi connectivity index (χ4v) is 2.48. The number of aryl methyl sites for hydroxylation is 2. The minimum atomic E-state index is 0.402. The molecule has 1 fully saturated rings. The third-order valence-corrected chi connectivity index (χ3v) is 3.66. The van der Waals surface area contributed by atoms with E-state index in [1.54, 1.807) is 0 Å². The van der Waals surface area contributed by atoms with Crippen molar-refractivity contribution < 1.29 is 4.74 Å². The van der Waals surface area contributed by atoms with Crippen LogP contribution in [0.4, 0.5) is 5.69 Å². The lowest BCUT2D eigenvalue weighted by Gasteiger charge is -2.19. The molecule has 1 saturated carbocycles. The Morgan fingerprint density at radius 1 is 1.00 bits per heavy atom. The van der Waals surface area contributed by atoms with Crippen molar-refractivity contribution in [2.45, 2.75) is 58.5 Å². The van der Waals surface area contributed by atoms with Crippen molar-refractivity contribution in [3.8, 4) is 5.75 Å². The second-order valence-electron chi connectivity index (χ2n) is 5.21. The first-order chi connectivity index (χ1) is 8.16. The minimum Gasteiger partial charge on any atom is -0.490 e. The number of hydrogen-bond acceptors (Lipinski definition) is 2. The molecule has 0 atom stereocenters. The van der Waals surface area contributed by atoms with Crippen molar-refractivity contribution in [3.63, 3.8) is 0 Å². The van der Waals surface area contributed by atoms with E-state index in [0.29, 0.717) is 6.10 Å². The van der Waals surface area contributed by atoms with Crippen LogP contribution in [0, 0.1) is 13.8 Å². The van der Waals surface area contributed by atoms with E-state index in [9.17, 15) is 0 Å². The summed E-state index contributed by atoms with van der Waals surface area (Å²) in [6, 6.07) is 4.09. The lowest BCUT2D eigenvalue weighted by Crippen LogP contribution is -2.15. The molecule has 0 aliphatic heterocycles. The molecule has 0 saturated heterocycles. The monoisotopic (exact) mass is 233 g/mol. The zero-order valence-electron chi connectivity index (χ0n) is 11.0. The Kier molecular flexibility index (Phi) is 3.93. The van der Waals surface area contributed by atoms with Crippen LogP contribution in [-0.2, 0) is 0 Å². The summed E-state index contributed by atoms with van der Waals surface area (Å²) >= 11 is 0. The van der Waals surface area contributed by atoms with Gasteiger partial charge in [0.2, 0.25) is 0 Å². The molecule has 1 aromatic carbocycles. The molecule has 17 heavy (non-hydrogen) atoms. The zero-order chi connectivity index (χ0) is 12.3. The van der Waals surface area contributed by atoms with Crippen LogP contribution in [0.5, 0.6) is 5.75 Å².